The minimum absolute atomic E-state index is 0.324. The average molecular weight is 315 g/mol. The first-order valence-electron chi connectivity index (χ1n) is 7.27. The molecule has 0 atom stereocenters. The van der Waals surface area contributed by atoms with Gasteiger partial charge in [-0.15, -0.1) is 10.2 Å². The topological polar surface area (TPSA) is 60.0 Å². The van der Waals surface area contributed by atoms with E-state index in [1.54, 1.807) is 12.1 Å². The van der Waals surface area contributed by atoms with Crippen LogP contribution < -0.4 is 0 Å². The van der Waals surface area contributed by atoms with Gasteiger partial charge in [-0.3, -0.25) is 9.58 Å². The van der Waals surface area contributed by atoms with E-state index < -0.39 is 0 Å². The molecule has 0 unspecified atom stereocenters. The van der Waals surface area contributed by atoms with E-state index in [4.69, 9.17) is 4.42 Å². The van der Waals surface area contributed by atoms with Gasteiger partial charge in [-0.1, -0.05) is 6.07 Å². The van der Waals surface area contributed by atoms with Crippen LogP contribution in [0, 0.1) is 12.7 Å². The van der Waals surface area contributed by atoms with Crippen LogP contribution in [0.5, 0.6) is 0 Å². The van der Waals surface area contributed by atoms with Crippen molar-refractivity contribution < 1.29 is 8.81 Å². The van der Waals surface area contributed by atoms with Crippen molar-refractivity contribution in [2.75, 3.05) is 7.05 Å². The molecular weight excluding hydrogens is 297 g/mol. The molecule has 0 fully saturated rings. The third-order valence-electron chi connectivity index (χ3n) is 3.72. The Morgan fingerprint density at radius 2 is 2.09 bits per heavy atom. The van der Waals surface area contributed by atoms with Crippen LogP contribution in [-0.2, 0) is 20.1 Å². The fraction of sp³-hybridized carbons (Fsp3) is 0.312. The van der Waals surface area contributed by atoms with Crippen molar-refractivity contribution in [1.82, 2.24) is 24.9 Å². The predicted octanol–water partition coefficient (Wildman–Crippen LogP) is 2.55. The Labute approximate surface area is 133 Å². The molecule has 1 aromatic carbocycles. The van der Waals surface area contributed by atoms with Crippen molar-refractivity contribution in [3.63, 3.8) is 0 Å². The SMILES string of the molecule is Cc1c(CN(C)Cc2nnc(-c3cccc(F)c3)o2)cnn1C. The van der Waals surface area contributed by atoms with E-state index in [2.05, 4.69) is 20.2 Å². The van der Waals surface area contributed by atoms with Gasteiger partial charge in [0.15, 0.2) is 0 Å². The summed E-state index contributed by atoms with van der Waals surface area (Å²) in [5.41, 5.74) is 2.86. The molecule has 23 heavy (non-hydrogen) atoms. The number of rotatable bonds is 5. The molecule has 0 bridgehead atoms. The molecule has 0 saturated heterocycles. The number of benzene rings is 1. The quantitative estimate of drug-likeness (QED) is 0.724. The second-order valence-corrected chi connectivity index (χ2v) is 5.56. The lowest BCUT2D eigenvalue weighted by molar-refractivity contribution is 0.282. The molecule has 7 heteroatoms. The summed E-state index contributed by atoms with van der Waals surface area (Å²) >= 11 is 0. The molecule has 0 N–H and O–H groups in total. The van der Waals surface area contributed by atoms with Crippen LogP contribution in [0.1, 0.15) is 17.1 Å². The Bertz CT molecular complexity index is 810. The highest BCUT2D eigenvalue weighted by atomic mass is 19.1. The number of hydrogen-bond acceptors (Lipinski definition) is 5. The van der Waals surface area contributed by atoms with Crippen molar-refractivity contribution in [2.24, 2.45) is 7.05 Å². The van der Waals surface area contributed by atoms with Crippen molar-refractivity contribution in [3.05, 3.63) is 53.4 Å². The standard InChI is InChI=1S/C16H18FN5O/c1-11-13(8-18-22(11)3)9-21(2)10-15-19-20-16(23-15)12-5-4-6-14(17)7-12/h4-8H,9-10H2,1-3H3. The van der Waals surface area contributed by atoms with E-state index in [9.17, 15) is 4.39 Å². The molecule has 0 radical (unpaired) electrons. The summed E-state index contributed by atoms with van der Waals surface area (Å²) in [5, 5.41) is 12.2. The van der Waals surface area contributed by atoms with Crippen LogP contribution in [-0.4, -0.2) is 31.9 Å². The van der Waals surface area contributed by atoms with E-state index >= 15 is 0 Å². The molecule has 0 aliphatic heterocycles. The number of aromatic nitrogens is 4. The third kappa shape index (κ3) is 3.45. The van der Waals surface area contributed by atoms with E-state index in [-0.39, 0.29) is 5.82 Å². The summed E-state index contributed by atoms with van der Waals surface area (Å²) < 4.78 is 20.7. The highest BCUT2D eigenvalue weighted by Gasteiger charge is 2.13. The molecule has 0 aliphatic carbocycles. The summed E-state index contributed by atoms with van der Waals surface area (Å²) in [6, 6.07) is 6.11. The van der Waals surface area contributed by atoms with E-state index in [1.807, 2.05) is 31.9 Å². The summed E-state index contributed by atoms with van der Waals surface area (Å²) in [7, 11) is 3.89. The number of halogens is 1. The monoisotopic (exact) mass is 315 g/mol. The van der Waals surface area contributed by atoms with Gasteiger partial charge in [-0.05, 0) is 32.2 Å². The summed E-state index contributed by atoms with van der Waals surface area (Å²) in [6.07, 6.45) is 1.86. The lowest BCUT2D eigenvalue weighted by Gasteiger charge is -2.13. The van der Waals surface area contributed by atoms with Crippen LogP contribution >= 0.6 is 0 Å². The highest BCUT2D eigenvalue weighted by molar-refractivity contribution is 5.52. The highest BCUT2D eigenvalue weighted by Crippen LogP contribution is 2.19. The molecule has 120 valence electrons. The zero-order valence-electron chi connectivity index (χ0n) is 13.3. The van der Waals surface area contributed by atoms with Crippen molar-refractivity contribution in [2.45, 2.75) is 20.0 Å². The van der Waals surface area contributed by atoms with Crippen LogP contribution in [0.15, 0.2) is 34.9 Å². The fourth-order valence-electron chi connectivity index (χ4n) is 2.33. The maximum Gasteiger partial charge on any atom is 0.247 e. The normalized spacial score (nSPS) is 11.3. The summed E-state index contributed by atoms with van der Waals surface area (Å²) in [5.74, 6) is 0.491. The minimum Gasteiger partial charge on any atom is -0.419 e. The van der Waals surface area contributed by atoms with Gasteiger partial charge in [-0.25, -0.2) is 4.39 Å². The lowest BCUT2D eigenvalue weighted by Crippen LogP contribution is -2.17. The van der Waals surface area contributed by atoms with Crippen molar-refractivity contribution in [3.8, 4) is 11.5 Å². The number of aryl methyl sites for hydroxylation is 1. The second-order valence-electron chi connectivity index (χ2n) is 5.56. The van der Waals surface area contributed by atoms with Gasteiger partial charge in [0.25, 0.3) is 0 Å². The van der Waals surface area contributed by atoms with Gasteiger partial charge in [0, 0.05) is 30.4 Å². The Morgan fingerprint density at radius 3 is 2.78 bits per heavy atom. The van der Waals surface area contributed by atoms with Gasteiger partial charge in [0.05, 0.1) is 12.7 Å². The van der Waals surface area contributed by atoms with Gasteiger partial charge < -0.3 is 4.42 Å². The maximum atomic E-state index is 13.2. The second kappa shape index (κ2) is 6.29. The molecule has 2 heterocycles. The molecule has 0 spiro atoms. The fourth-order valence-corrected chi connectivity index (χ4v) is 2.33. The minimum atomic E-state index is -0.327. The Hall–Kier alpha value is -2.54. The zero-order chi connectivity index (χ0) is 16.4. The van der Waals surface area contributed by atoms with Gasteiger partial charge in [0.1, 0.15) is 5.82 Å². The molecular formula is C16H18FN5O. The van der Waals surface area contributed by atoms with Crippen LogP contribution in [0.3, 0.4) is 0 Å². The number of nitrogens with zero attached hydrogens (tertiary/aromatic N) is 5. The summed E-state index contributed by atoms with van der Waals surface area (Å²) in [4.78, 5) is 2.06. The molecule has 2 aromatic heterocycles. The van der Waals surface area contributed by atoms with E-state index in [0.29, 0.717) is 23.9 Å². The van der Waals surface area contributed by atoms with Gasteiger partial charge in [0.2, 0.25) is 11.8 Å². The first kappa shape index (κ1) is 15.4. The first-order valence-corrected chi connectivity index (χ1v) is 7.27. The smallest absolute Gasteiger partial charge is 0.247 e. The Balaban J connectivity index is 1.68. The van der Waals surface area contributed by atoms with Crippen molar-refractivity contribution in [1.29, 1.82) is 0 Å². The Kier molecular flexibility index (Phi) is 4.20. The van der Waals surface area contributed by atoms with Crippen LogP contribution in [0.4, 0.5) is 4.39 Å². The first-order chi connectivity index (χ1) is 11.0. The van der Waals surface area contributed by atoms with Gasteiger partial charge in [-0.2, -0.15) is 5.10 Å². The number of hydrogen-bond donors (Lipinski definition) is 0. The largest absolute Gasteiger partial charge is 0.419 e. The Morgan fingerprint density at radius 1 is 1.26 bits per heavy atom. The van der Waals surface area contributed by atoms with Crippen LogP contribution in [0.2, 0.25) is 0 Å². The molecule has 0 aliphatic rings. The average Bonchev–Trinajstić information content (AvgIpc) is 3.09. The lowest BCUT2D eigenvalue weighted by atomic mass is 10.2. The van der Waals surface area contributed by atoms with Gasteiger partial charge >= 0.3 is 0 Å². The predicted molar refractivity (Wildman–Crippen MR) is 82.8 cm³/mol. The van der Waals surface area contributed by atoms with Crippen molar-refractivity contribution >= 4 is 0 Å². The zero-order valence-corrected chi connectivity index (χ0v) is 13.3. The molecule has 0 amide bonds. The molecule has 3 aromatic rings. The molecule has 3 rings (SSSR count). The summed E-state index contributed by atoms with van der Waals surface area (Å²) in [6.45, 7) is 3.28. The van der Waals surface area contributed by atoms with E-state index in [0.717, 1.165) is 17.8 Å². The third-order valence-corrected chi connectivity index (χ3v) is 3.72. The van der Waals surface area contributed by atoms with Crippen LogP contribution in [0.25, 0.3) is 11.5 Å². The maximum absolute atomic E-state index is 13.2. The molecule has 6 nitrogen and oxygen atoms in total. The van der Waals surface area contributed by atoms with E-state index in [1.165, 1.54) is 12.1 Å². The molecule has 0 saturated carbocycles.